The van der Waals surface area contributed by atoms with Crippen LogP contribution in [-0.4, -0.2) is 0 Å². The molecule has 5 rings (SSSR count). The number of unbranched alkanes of at least 4 members (excludes halogenated alkanes) is 4. The van der Waals surface area contributed by atoms with Crippen molar-refractivity contribution in [3.8, 4) is 11.1 Å². The first-order valence-electron chi connectivity index (χ1n) is 12.5. The molecule has 0 heterocycles. The summed E-state index contributed by atoms with van der Waals surface area (Å²) in [6.07, 6.45) is 16.7. The van der Waals surface area contributed by atoms with Crippen molar-refractivity contribution in [2.45, 2.75) is 103 Å². The molecule has 1 heteroatoms. The van der Waals surface area contributed by atoms with Gasteiger partial charge in [0, 0.05) is 5.56 Å². The van der Waals surface area contributed by atoms with Gasteiger partial charge in [-0.1, -0.05) is 88.4 Å². The Morgan fingerprint density at radius 1 is 0.767 bits per heavy atom. The van der Waals surface area contributed by atoms with Gasteiger partial charge in [-0.05, 0) is 78.9 Å². The molecule has 3 aliphatic rings. The molecule has 0 atom stereocenters. The molecule has 3 fully saturated rings. The van der Waals surface area contributed by atoms with Crippen molar-refractivity contribution in [1.29, 1.82) is 0 Å². The van der Waals surface area contributed by atoms with Gasteiger partial charge in [-0.3, -0.25) is 0 Å². The van der Waals surface area contributed by atoms with Crippen molar-refractivity contribution in [2.24, 2.45) is 5.41 Å². The Hall–Kier alpha value is -1.63. The Bertz CT molecular complexity index is 807. The molecule has 0 spiro atoms. The summed E-state index contributed by atoms with van der Waals surface area (Å²) in [6, 6.07) is 14.6. The molecule has 162 valence electrons. The first-order chi connectivity index (χ1) is 14.6. The van der Waals surface area contributed by atoms with E-state index in [-0.39, 0.29) is 11.2 Å². The topological polar surface area (TPSA) is 0 Å². The SMILES string of the molecule is CCCCCCCC12CCC(c3cccc(-c4ccc(CC)cc4)c3F)(CC1)CC2. The Morgan fingerprint density at radius 2 is 1.43 bits per heavy atom. The molecule has 0 N–H and O–H groups in total. The van der Waals surface area contributed by atoms with Crippen LogP contribution in [0.2, 0.25) is 0 Å². The van der Waals surface area contributed by atoms with Gasteiger partial charge in [-0.2, -0.15) is 0 Å². The highest BCUT2D eigenvalue weighted by Crippen LogP contribution is 2.60. The summed E-state index contributed by atoms with van der Waals surface area (Å²) in [5.74, 6) is 0.0377. The fraction of sp³-hybridized carbons (Fsp3) is 0.586. The average molecular weight is 407 g/mol. The maximum atomic E-state index is 15.8. The zero-order valence-electron chi connectivity index (χ0n) is 19.1. The molecular weight excluding hydrogens is 367 g/mol. The van der Waals surface area contributed by atoms with E-state index in [2.05, 4.69) is 50.2 Å². The Kier molecular flexibility index (Phi) is 6.66. The van der Waals surface area contributed by atoms with E-state index in [1.807, 2.05) is 6.07 Å². The van der Waals surface area contributed by atoms with Crippen LogP contribution in [0.25, 0.3) is 11.1 Å². The van der Waals surface area contributed by atoms with E-state index in [1.54, 1.807) is 0 Å². The second kappa shape index (κ2) is 9.25. The van der Waals surface area contributed by atoms with Crippen LogP contribution in [0.4, 0.5) is 4.39 Å². The molecule has 3 aliphatic carbocycles. The molecule has 2 aromatic rings. The molecule has 0 aromatic heterocycles. The van der Waals surface area contributed by atoms with E-state index in [0.29, 0.717) is 5.41 Å². The lowest BCUT2D eigenvalue weighted by Crippen LogP contribution is -2.44. The summed E-state index contributed by atoms with van der Waals surface area (Å²) in [5, 5.41) is 0. The van der Waals surface area contributed by atoms with Crippen LogP contribution in [0.3, 0.4) is 0 Å². The molecule has 3 saturated carbocycles. The fourth-order valence-electron chi connectivity index (χ4n) is 6.23. The lowest BCUT2D eigenvalue weighted by molar-refractivity contribution is 0.0288. The molecule has 0 saturated heterocycles. The lowest BCUT2D eigenvalue weighted by Gasteiger charge is -2.54. The third-order valence-electron chi connectivity index (χ3n) is 8.46. The number of hydrogen-bond donors (Lipinski definition) is 0. The van der Waals surface area contributed by atoms with Crippen molar-refractivity contribution < 1.29 is 4.39 Å². The highest BCUT2D eigenvalue weighted by atomic mass is 19.1. The largest absolute Gasteiger partial charge is 0.206 e. The smallest absolute Gasteiger partial charge is 0.134 e. The Morgan fingerprint density at radius 3 is 2.07 bits per heavy atom. The summed E-state index contributed by atoms with van der Waals surface area (Å²) in [6.45, 7) is 4.45. The van der Waals surface area contributed by atoms with Gasteiger partial charge in [0.1, 0.15) is 5.82 Å². The summed E-state index contributed by atoms with van der Waals surface area (Å²) in [4.78, 5) is 0. The summed E-state index contributed by atoms with van der Waals surface area (Å²) >= 11 is 0. The molecule has 0 unspecified atom stereocenters. The minimum Gasteiger partial charge on any atom is -0.206 e. The summed E-state index contributed by atoms with van der Waals surface area (Å²) in [7, 11) is 0. The van der Waals surface area contributed by atoms with Crippen LogP contribution >= 0.6 is 0 Å². The van der Waals surface area contributed by atoms with Gasteiger partial charge in [0.25, 0.3) is 0 Å². The predicted molar refractivity (Wildman–Crippen MR) is 126 cm³/mol. The zero-order chi connectivity index (χ0) is 21.0. The van der Waals surface area contributed by atoms with Crippen molar-refractivity contribution in [2.75, 3.05) is 0 Å². The average Bonchev–Trinajstić information content (AvgIpc) is 2.80. The highest BCUT2D eigenvalue weighted by molar-refractivity contribution is 5.66. The normalized spacial score (nSPS) is 25.6. The van der Waals surface area contributed by atoms with E-state index in [9.17, 15) is 0 Å². The van der Waals surface area contributed by atoms with Gasteiger partial charge >= 0.3 is 0 Å². The fourth-order valence-corrected chi connectivity index (χ4v) is 6.23. The maximum absolute atomic E-state index is 15.8. The van der Waals surface area contributed by atoms with Crippen molar-refractivity contribution in [3.05, 3.63) is 59.4 Å². The Balaban J connectivity index is 1.48. The van der Waals surface area contributed by atoms with E-state index in [1.165, 1.54) is 82.6 Å². The number of benzene rings is 2. The van der Waals surface area contributed by atoms with Gasteiger partial charge in [0.05, 0.1) is 0 Å². The van der Waals surface area contributed by atoms with Crippen LogP contribution in [0.15, 0.2) is 42.5 Å². The minimum absolute atomic E-state index is 0.0377. The van der Waals surface area contributed by atoms with E-state index in [4.69, 9.17) is 0 Å². The predicted octanol–water partition coefficient (Wildman–Crippen LogP) is 9.01. The van der Waals surface area contributed by atoms with Crippen LogP contribution < -0.4 is 0 Å². The number of rotatable bonds is 9. The van der Waals surface area contributed by atoms with E-state index >= 15 is 4.39 Å². The van der Waals surface area contributed by atoms with Gasteiger partial charge in [0.15, 0.2) is 0 Å². The van der Waals surface area contributed by atoms with E-state index in [0.717, 1.165) is 23.1 Å². The minimum atomic E-state index is 0.0377. The van der Waals surface area contributed by atoms with Gasteiger partial charge in [-0.15, -0.1) is 0 Å². The number of hydrogen-bond acceptors (Lipinski definition) is 0. The molecule has 0 aliphatic heterocycles. The van der Waals surface area contributed by atoms with Gasteiger partial charge < -0.3 is 0 Å². The van der Waals surface area contributed by atoms with E-state index < -0.39 is 0 Å². The molecule has 30 heavy (non-hydrogen) atoms. The zero-order valence-corrected chi connectivity index (χ0v) is 19.1. The van der Waals surface area contributed by atoms with Crippen LogP contribution in [-0.2, 0) is 11.8 Å². The molecule has 2 bridgehead atoms. The van der Waals surface area contributed by atoms with Crippen LogP contribution in [0.5, 0.6) is 0 Å². The molecule has 0 nitrogen and oxygen atoms in total. The summed E-state index contributed by atoms with van der Waals surface area (Å²) in [5.41, 5.74) is 4.74. The second-order valence-electron chi connectivity index (χ2n) is 10.2. The number of aryl methyl sites for hydroxylation is 1. The maximum Gasteiger partial charge on any atom is 0.134 e. The van der Waals surface area contributed by atoms with Crippen molar-refractivity contribution in [3.63, 3.8) is 0 Å². The van der Waals surface area contributed by atoms with Crippen molar-refractivity contribution >= 4 is 0 Å². The molecule has 2 aromatic carbocycles. The second-order valence-corrected chi connectivity index (χ2v) is 10.2. The van der Waals surface area contributed by atoms with Crippen LogP contribution in [0, 0.1) is 11.2 Å². The van der Waals surface area contributed by atoms with Gasteiger partial charge in [-0.25, -0.2) is 4.39 Å². The third kappa shape index (κ3) is 4.23. The first kappa shape index (κ1) is 21.6. The third-order valence-corrected chi connectivity index (χ3v) is 8.46. The monoisotopic (exact) mass is 406 g/mol. The molecular formula is C29H39F. The number of fused-ring (bicyclic) bond motifs is 3. The highest BCUT2D eigenvalue weighted by Gasteiger charge is 2.49. The first-order valence-corrected chi connectivity index (χ1v) is 12.5. The van der Waals surface area contributed by atoms with Gasteiger partial charge in [0.2, 0.25) is 0 Å². The molecule has 0 radical (unpaired) electrons. The van der Waals surface area contributed by atoms with Crippen LogP contribution in [0.1, 0.15) is 102 Å². The number of halogens is 1. The lowest BCUT2D eigenvalue weighted by atomic mass is 9.50. The standard InChI is InChI=1S/C29H39F/c1-3-5-6-7-8-16-28-17-20-29(21-18-28,22-19-28)26-11-9-10-25(27(26)30)24-14-12-23(4-2)13-15-24/h9-15H,3-8,16-22H2,1-2H3. The van der Waals surface area contributed by atoms with Crippen molar-refractivity contribution in [1.82, 2.24) is 0 Å². The quantitative estimate of drug-likeness (QED) is 0.364. The summed E-state index contributed by atoms with van der Waals surface area (Å²) < 4.78 is 15.8. The Labute approximate surface area is 183 Å². The molecule has 0 amide bonds.